The van der Waals surface area contributed by atoms with Gasteiger partial charge in [0.25, 0.3) is 5.91 Å². The Morgan fingerprint density at radius 2 is 1.85 bits per heavy atom. The molecule has 1 aliphatic heterocycles. The van der Waals surface area contributed by atoms with Crippen LogP contribution in [0.2, 0.25) is 5.02 Å². The molecule has 2 aromatic rings. The maximum atomic E-state index is 14.2. The van der Waals surface area contributed by atoms with Crippen molar-refractivity contribution in [3.8, 4) is 0 Å². The van der Waals surface area contributed by atoms with E-state index < -0.39 is 5.54 Å². The highest BCUT2D eigenvalue weighted by Crippen LogP contribution is 2.42. The van der Waals surface area contributed by atoms with Crippen molar-refractivity contribution >= 4 is 40.3 Å². The lowest BCUT2D eigenvalue weighted by Gasteiger charge is -2.33. The topological polar surface area (TPSA) is 70.7 Å². The molecule has 1 aliphatic carbocycles. The summed E-state index contributed by atoms with van der Waals surface area (Å²) in [6.45, 7) is 7.42. The van der Waals surface area contributed by atoms with E-state index in [1.807, 2.05) is 48.2 Å². The Morgan fingerprint density at radius 3 is 2.48 bits per heavy atom. The Hall–Kier alpha value is -2.37. The summed E-state index contributed by atoms with van der Waals surface area (Å²) in [5.74, 6) is 0.392. The maximum absolute atomic E-state index is 14.2. The van der Waals surface area contributed by atoms with Crippen molar-refractivity contribution in [2.24, 2.45) is 22.6 Å². The molecule has 0 bridgehead atoms. The number of amides is 1. The number of anilines is 3. The monoisotopic (exact) mass is 466 g/mol. The van der Waals surface area contributed by atoms with Gasteiger partial charge < -0.3 is 11.1 Å². The second kappa shape index (κ2) is 9.86. The molecular formula is C27H35ClN4O. The zero-order valence-corrected chi connectivity index (χ0v) is 20.7. The van der Waals surface area contributed by atoms with Crippen LogP contribution in [0, 0.1) is 11.8 Å². The third-order valence-corrected chi connectivity index (χ3v) is 7.42. The van der Waals surface area contributed by atoms with Crippen LogP contribution in [0.25, 0.3) is 0 Å². The predicted octanol–water partition coefficient (Wildman–Crippen LogP) is 6.17. The number of carbonyl (C=O) groups excluding carboxylic acids is 1. The first-order valence-corrected chi connectivity index (χ1v) is 12.5. The molecule has 0 aromatic heterocycles. The van der Waals surface area contributed by atoms with Crippen LogP contribution in [0.4, 0.5) is 17.1 Å². The number of hydrogen-bond acceptors (Lipinski definition) is 4. The van der Waals surface area contributed by atoms with Crippen molar-refractivity contribution < 1.29 is 4.79 Å². The molecule has 5 nitrogen and oxygen atoms in total. The highest BCUT2D eigenvalue weighted by atomic mass is 35.5. The molecule has 3 N–H and O–H groups in total. The molecule has 2 aromatic carbocycles. The normalized spacial score (nSPS) is 21.6. The standard InChI is InChI=1S/C27H35ClN4O/c1-18(2)27(3)26(33)32(22-12-10-21(11-13-22)30-16-15-29)24-17-20(28)9-14-23(24)25(31-27)19-7-5-4-6-8-19/h9-14,17-19,30H,4-8,15-16,29H2,1-3H3. The molecule has 1 heterocycles. The third-order valence-electron chi connectivity index (χ3n) is 7.18. The number of fused-ring (bicyclic) bond motifs is 1. The average Bonchev–Trinajstić information content (AvgIpc) is 2.92. The molecule has 0 saturated heterocycles. The lowest BCUT2D eigenvalue weighted by atomic mass is 9.82. The summed E-state index contributed by atoms with van der Waals surface area (Å²) >= 11 is 6.48. The highest BCUT2D eigenvalue weighted by Gasteiger charge is 2.45. The van der Waals surface area contributed by atoms with Gasteiger partial charge in [-0.3, -0.25) is 14.7 Å². The van der Waals surface area contributed by atoms with E-state index in [0.29, 0.717) is 24.0 Å². The van der Waals surface area contributed by atoms with Gasteiger partial charge in [0.1, 0.15) is 5.54 Å². The fraction of sp³-hybridized carbons (Fsp3) is 0.481. The second-order valence-electron chi connectivity index (χ2n) is 9.70. The molecule has 1 saturated carbocycles. The van der Waals surface area contributed by atoms with Crippen LogP contribution < -0.4 is 16.0 Å². The highest BCUT2D eigenvalue weighted by molar-refractivity contribution is 6.31. The summed E-state index contributed by atoms with van der Waals surface area (Å²) in [5.41, 5.74) is 9.45. The number of carbonyl (C=O) groups is 1. The van der Waals surface area contributed by atoms with E-state index in [2.05, 4.69) is 25.2 Å². The molecule has 6 heteroatoms. The Kier molecular flexibility index (Phi) is 7.10. The zero-order chi connectivity index (χ0) is 23.6. The van der Waals surface area contributed by atoms with Crippen molar-refractivity contribution in [3.05, 3.63) is 53.1 Å². The lowest BCUT2D eigenvalue weighted by Crippen LogP contribution is -2.47. The fourth-order valence-electron chi connectivity index (χ4n) is 4.86. The Labute approximate surface area is 202 Å². The Morgan fingerprint density at radius 1 is 1.15 bits per heavy atom. The quantitative estimate of drug-likeness (QED) is 0.534. The van der Waals surface area contributed by atoms with Crippen LogP contribution in [0.3, 0.4) is 0 Å². The number of nitrogens with two attached hydrogens (primary N) is 1. The molecule has 1 atom stereocenters. The molecule has 33 heavy (non-hydrogen) atoms. The zero-order valence-electron chi connectivity index (χ0n) is 19.9. The minimum Gasteiger partial charge on any atom is -0.384 e. The van der Waals surface area contributed by atoms with Gasteiger partial charge in [-0.1, -0.05) is 44.7 Å². The predicted molar refractivity (Wildman–Crippen MR) is 139 cm³/mol. The third kappa shape index (κ3) is 4.67. The number of nitrogens with one attached hydrogen (secondary N) is 1. The van der Waals surface area contributed by atoms with Gasteiger partial charge in [0.15, 0.2) is 0 Å². The van der Waals surface area contributed by atoms with Gasteiger partial charge in [0.2, 0.25) is 0 Å². The summed E-state index contributed by atoms with van der Waals surface area (Å²) in [7, 11) is 0. The first kappa shape index (κ1) is 23.8. The fourth-order valence-corrected chi connectivity index (χ4v) is 5.03. The van der Waals surface area contributed by atoms with E-state index in [1.54, 1.807) is 0 Å². The van der Waals surface area contributed by atoms with Gasteiger partial charge in [-0.05, 0) is 68.1 Å². The number of benzodiazepines with no additional fused rings is 1. The van der Waals surface area contributed by atoms with Crippen molar-refractivity contribution in [2.75, 3.05) is 23.3 Å². The van der Waals surface area contributed by atoms with E-state index >= 15 is 0 Å². The number of halogens is 1. The van der Waals surface area contributed by atoms with Gasteiger partial charge >= 0.3 is 0 Å². The van der Waals surface area contributed by atoms with Crippen molar-refractivity contribution in [2.45, 2.75) is 58.4 Å². The van der Waals surface area contributed by atoms with Gasteiger partial charge in [-0.25, -0.2) is 0 Å². The van der Waals surface area contributed by atoms with E-state index in [9.17, 15) is 4.79 Å². The van der Waals surface area contributed by atoms with Crippen LogP contribution in [-0.4, -0.2) is 30.2 Å². The summed E-state index contributed by atoms with van der Waals surface area (Å²) in [4.78, 5) is 21.3. The van der Waals surface area contributed by atoms with Crippen LogP contribution >= 0.6 is 11.6 Å². The van der Waals surface area contributed by atoms with Crippen molar-refractivity contribution in [1.29, 1.82) is 0 Å². The van der Waals surface area contributed by atoms with E-state index in [1.165, 1.54) is 19.3 Å². The number of nitrogens with zero attached hydrogens (tertiary/aromatic N) is 2. The number of aliphatic imine (C=N–C) groups is 1. The molecule has 0 radical (unpaired) electrons. The summed E-state index contributed by atoms with van der Waals surface area (Å²) in [6.07, 6.45) is 5.92. The van der Waals surface area contributed by atoms with Gasteiger partial charge in [0, 0.05) is 46.7 Å². The van der Waals surface area contributed by atoms with Gasteiger partial charge in [0.05, 0.1) is 5.69 Å². The van der Waals surface area contributed by atoms with E-state index in [-0.39, 0.29) is 11.8 Å². The average molecular weight is 467 g/mol. The largest absolute Gasteiger partial charge is 0.384 e. The molecule has 0 spiro atoms. The first-order valence-electron chi connectivity index (χ1n) is 12.1. The van der Waals surface area contributed by atoms with Crippen LogP contribution in [0.15, 0.2) is 47.5 Å². The molecule has 4 rings (SSSR count). The Bertz CT molecular complexity index is 1030. The molecule has 1 amide bonds. The van der Waals surface area contributed by atoms with Crippen LogP contribution in [0.5, 0.6) is 0 Å². The molecule has 176 valence electrons. The van der Waals surface area contributed by atoms with E-state index in [0.717, 1.165) is 41.2 Å². The van der Waals surface area contributed by atoms with Crippen molar-refractivity contribution in [1.82, 2.24) is 0 Å². The van der Waals surface area contributed by atoms with Crippen molar-refractivity contribution in [3.63, 3.8) is 0 Å². The van der Waals surface area contributed by atoms with E-state index in [4.69, 9.17) is 22.3 Å². The number of benzene rings is 2. The van der Waals surface area contributed by atoms with Crippen LogP contribution in [0.1, 0.15) is 58.4 Å². The number of hydrogen-bond donors (Lipinski definition) is 2. The van der Waals surface area contributed by atoms with Gasteiger partial charge in [-0.15, -0.1) is 0 Å². The first-order chi connectivity index (χ1) is 15.8. The van der Waals surface area contributed by atoms with Gasteiger partial charge in [-0.2, -0.15) is 0 Å². The molecule has 1 fully saturated rings. The second-order valence-corrected chi connectivity index (χ2v) is 10.1. The summed E-state index contributed by atoms with van der Waals surface area (Å²) < 4.78 is 0. The lowest BCUT2D eigenvalue weighted by molar-refractivity contribution is -0.123. The molecule has 2 aliphatic rings. The summed E-state index contributed by atoms with van der Waals surface area (Å²) in [5, 5.41) is 3.90. The smallest absolute Gasteiger partial charge is 0.259 e. The minimum absolute atomic E-state index is 0.0190. The number of rotatable bonds is 6. The molecule has 1 unspecified atom stereocenters. The summed E-state index contributed by atoms with van der Waals surface area (Å²) in [6, 6.07) is 13.8. The Balaban J connectivity index is 1.87. The minimum atomic E-state index is -0.866. The van der Waals surface area contributed by atoms with Crippen LogP contribution in [-0.2, 0) is 4.79 Å². The maximum Gasteiger partial charge on any atom is 0.259 e. The molecular weight excluding hydrogens is 432 g/mol. The SMILES string of the molecule is CC(C)C1(C)N=C(C2CCCCC2)c2ccc(Cl)cc2N(c2ccc(NCCN)cc2)C1=O.